The highest BCUT2D eigenvalue weighted by Crippen LogP contribution is 2.19. The molecular weight excluding hydrogens is 246 g/mol. The van der Waals surface area contributed by atoms with Crippen molar-refractivity contribution in [2.75, 3.05) is 18.8 Å². The molecule has 1 aliphatic rings. The lowest BCUT2D eigenvalue weighted by Gasteiger charge is -2.30. The van der Waals surface area contributed by atoms with E-state index in [-0.39, 0.29) is 5.84 Å². The number of nitrogens with zero attached hydrogens (tertiary/aromatic N) is 2. The molecule has 0 amide bonds. The maximum Gasteiger partial charge on any atom is 0.170 e. The van der Waals surface area contributed by atoms with Gasteiger partial charge >= 0.3 is 0 Å². The predicted molar refractivity (Wildman–Crippen MR) is 76.1 cm³/mol. The third kappa shape index (κ3) is 3.40. The summed E-state index contributed by atoms with van der Waals surface area (Å²) >= 11 is 2.04. The molecule has 1 unspecified atom stereocenters. The SMILES string of the molecule is CC1CN(Cc2ccc(/C(N)=N/O)cc2)CCS1. The highest BCUT2D eigenvalue weighted by atomic mass is 32.2. The fourth-order valence-corrected chi connectivity index (χ4v) is 3.21. The molecule has 1 atom stereocenters. The van der Waals surface area contributed by atoms with Gasteiger partial charge in [0.05, 0.1) is 0 Å². The Morgan fingerprint density at radius 2 is 2.22 bits per heavy atom. The molecule has 1 saturated heterocycles. The summed E-state index contributed by atoms with van der Waals surface area (Å²) in [7, 11) is 0. The Hall–Kier alpha value is -1.20. The van der Waals surface area contributed by atoms with Crippen LogP contribution in [0.25, 0.3) is 0 Å². The quantitative estimate of drug-likeness (QED) is 0.378. The van der Waals surface area contributed by atoms with Crippen LogP contribution in [0.2, 0.25) is 0 Å². The van der Waals surface area contributed by atoms with E-state index in [0.29, 0.717) is 0 Å². The van der Waals surface area contributed by atoms with E-state index in [1.54, 1.807) is 0 Å². The molecule has 4 nitrogen and oxygen atoms in total. The lowest BCUT2D eigenvalue weighted by atomic mass is 10.1. The molecule has 0 bridgehead atoms. The number of benzene rings is 1. The smallest absolute Gasteiger partial charge is 0.170 e. The first-order valence-electron chi connectivity index (χ1n) is 6.10. The number of oxime groups is 1. The lowest BCUT2D eigenvalue weighted by molar-refractivity contribution is 0.278. The van der Waals surface area contributed by atoms with E-state index in [1.807, 2.05) is 36.0 Å². The van der Waals surface area contributed by atoms with E-state index in [0.717, 1.165) is 30.4 Å². The van der Waals surface area contributed by atoms with Crippen LogP contribution in [0.3, 0.4) is 0 Å². The Morgan fingerprint density at radius 3 is 2.83 bits per heavy atom. The van der Waals surface area contributed by atoms with Gasteiger partial charge in [-0.1, -0.05) is 36.3 Å². The van der Waals surface area contributed by atoms with Crippen LogP contribution in [0.1, 0.15) is 18.1 Å². The Kier molecular flexibility index (Phi) is 4.49. The second-order valence-electron chi connectivity index (χ2n) is 4.60. The molecule has 98 valence electrons. The van der Waals surface area contributed by atoms with Crippen molar-refractivity contribution in [1.29, 1.82) is 0 Å². The van der Waals surface area contributed by atoms with Gasteiger partial charge in [0.25, 0.3) is 0 Å². The van der Waals surface area contributed by atoms with E-state index < -0.39 is 0 Å². The summed E-state index contributed by atoms with van der Waals surface area (Å²) in [6.45, 7) is 5.54. The van der Waals surface area contributed by atoms with Gasteiger partial charge in [0.2, 0.25) is 0 Å². The van der Waals surface area contributed by atoms with Crippen LogP contribution in [0, 0.1) is 0 Å². The molecule has 0 aromatic heterocycles. The molecular formula is C13H19N3OS. The zero-order chi connectivity index (χ0) is 13.0. The van der Waals surface area contributed by atoms with Crippen LogP contribution in [-0.4, -0.2) is 40.0 Å². The first kappa shape index (κ1) is 13.2. The van der Waals surface area contributed by atoms with E-state index in [9.17, 15) is 0 Å². The maximum absolute atomic E-state index is 8.60. The molecule has 5 heteroatoms. The summed E-state index contributed by atoms with van der Waals surface area (Å²) in [4.78, 5) is 2.47. The van der Waals surface area contributed by atoms with Crippen LogP contribution >= 0.6 is 11.8 Å². The fourth-order valence-electron chi connectivity index (χ4n) is 2.13. The Bertz CT molecular complexity index is 419. The number of thioether (sulfide) groups is 1. The maximum atomic E-state index is 8.60. The number of hydrogen-bond acceptors (Lipinski definition) is 4. The Labute approximate surface area is 112 Å². The number of nitrogens with two attached hydrogens (primary N) is 1. The van der Waals surface area contributed by atoms with Gasteiger partial charge < -0.3 is 10.9 Å². The van der Waals surface area contributed by atoms with Crippen molar-refractivity contribution in [2.45, 2.75) is 18.7 Å². The molecule has 3 N–H and O–H groups in total. The summed E-state index contributed by atoms with van der Waals surface area (Å²) in [5, 5.41) is 12.3. The van der Waals surface area contributed by atoms with Crippen molar-refractivity contribution >= 4 is 17.6 Å². The monoisotopic (exact) mass is 265 g/mol. The van der Waals surface area contributed by atoms with Gasteiger partial charge in [-0.25, -0.2) is 0 Å². The van der Waals surface area contributed by atoms with Crippen LogP contribution < -0.4 is 5.73 Å². The molecule has 0 radical (unpaired) electrons. The van der Waals surface area contributed by atoms with Gasteiger partial charge in [-0.3, -0.25) is 4.90 Å². The molecule has 1 fully saturated rings. The third-order valence-corrected chi connectivity index (χ3v) is 4.23. The normalized spacial score (nSPS) is 22.1. The van der Waals surface area contributed by atoms with Gasteiger partial charge in [0.15, 0.2) is 5.84 Å². The van der Waals surface area contributed by atoms with Crippen molar-refractivity contribution in [1.82, 2.24) is 4.90 Å². The average Bonchev–Trinajstić information content (AvgIpc) is 2.39. The van der Waals surface area contributed by atoms with Gasteiger partial charge in [0.1, 0.15) is 0 Å². The van der Waals surface area contributed by atoms with Gasteiger partial charge in [0, 0.05) is 36.2 Å². The second kappa shape index (κ2) is 6.11. The van der Waals surface area contributed by atoms with Crippen molar-refractivity contribution in [3.63, 3.8) is 0 Å². The van der Waals surface area contributed by atoms with Crippen LogP contribution in [0.4, 0.5) is 0 Å². The Balaban J connectivity index is 1.97. The minimum absolute atomic E-state index is 0.157. The summed E-state index contributed by atoms with van der Waals surface area (Å²) < 4.78 is 0. The lowest BCUT2D eigenvalue weighted by Crippen LogP contribution is -2.36. The fraction of sp³-hybridized carbons (Fsp3) is 0.462. The molecule has 1 aromatic rings. The molecule has 18 heavy (non-hydrogen) atoms. The van der Waals surface area contributed by atoms with Crippen LogP contribution in [-0.2, 0) is 6.54 Å². The van der Waals surface area contributed by atoms with E-state index in [2.05, 4.69) is 17.0 Å². The molecule has 0 saturated carbocycles. The van der Waals surface area contributed by atoms with Crippen LogP contribution in [0.5, 0.6) is 0 Å². The molecule has 2 rings (SSSR count). The molecule has 1 aliphatic heterocycles. The number of hydrogen-bond donors (Lipinski definition) is 2. The minimum atomic E-state index is 0.157. The van der Waals surface area contributed by atoms with E-state index in [4.69, 9.17) is 10.9 Å². The molecule has 0 spiro atoms. The first-order chi connectivity index (χ1) is 8.69. The zero-order valence-electron chi connectivity index (χ0n) is 10.5. The summed E-state index contributed by atoms with van der Waals surface area (Å²) in [5.41, 5.74) is 7.55. The number of rotatable bonds is 3. The summed E-state index contributed by atoms with van der Waals surface area (Å²) in [6, 6.07) is 7.87. The largest absolute Gasteiger partial charge is 0.409 e. The third-order valence-electron chi connectivity index (χ3n) is 3.09. The van der Waals surface area contributed by atoms with Crippen molar-refractivity contribution in [3.8, 4) is 0 Å². The van der Waals surface area contributed by atoms with Crippen molar-refractivity contribution in [3.05, 3.63) is 35.4 Å². The Morgan fingerprint density at radius 1 is 1.50 bits per heavy atom. The first-order valence-corrected chi connectivity index (χ1v) is 7.14. The van der Waals surface area contributed by atoms with Gasteiger partial charge in [-0.05, 0) is 5.56 Å². The highest BCUT2D eigenvalue weighted by molar-refractivity contribution is 7.99. The minimum Gasteiger partial charge on any atom is -0.409 e. The number of amidine groups is 1. The van der Waals surface area contributed by atoms with Crippen LogP contribution in [0.15, 0.2) is 29.4 Å². The van der Waals surface area contributed by atoms with Gasteiger partial charge in [-0.15, -0.1) is 0 Å². The molecule has 1 aromatic carbocycles. The summed E-state index contributed by atoms with van der Waals surface area (Å²) in [5.74, 6) is 1.37. The summed E-state index contributed by atoms with van der Waals surface area (Å²) in [6.07, 6.45) is 0. The zero-order valence-corrected chi connectivity index (χ0v) is 11.4. The van der Waals surface area contributed by atoms with E-state index in [1.165, 1.54) is 11.3 Å². The standard InChI is InChI=1S/C13H19N3OS/c1-10-8-16(6-7-18-10)9-11-2-4-12(5-3-11)13(14)15-17/h2-5,10,17H,6-9H2,1H3,(H2,14,15). The molecule has 1 heterocycles. The highest BCUT2D eigenvalue weighted by Gasteiger charge is 2.16. The average molecular weight is 265 g/mol. The topological polar surface area (TPSA) is 61.8 Å². The van der Waals surface area contributed by atoms with Gasteiger partial charge in [-0.2, -0.15) is 11.8 Å². The molecule has 0 aliphatic carbocycles. The second-order valence-corrected chi connectivity index (χ2v) is 6.15. The van der Waals surface area contributed by atoms with Crippen molar-refractivity contribution in [2.24, 2.45) is 10.9 Å². The van der Waals surface area contributed by atoms with E-state index >= 15 is 0 Å². The predicted octanol–water partition coefficient (Wildman–Crippen LogP) is 1.72. The van der Waals surface area contributed by atoms with Crippen molar-refractivity contribution < 1.29 is 5.21 Å².